The topological polar surface area (TPSA) is 41.1 Å². The van der Waals surface area contributed by atoms with Crippen LogP contribution in [0.25, 0.3) is 0 Å². The molecule has 1 saturated heterocycles. The van der Waals surface area contributed by atoms with Crippen LogP contribution < -0.4 is 10.6 Å². The molecule has 0 bridgehead atoms. The van der Waals surface area contributed by atoms with Gasteiger partial charge in [0.05, 0.1) is 5.92 Å². The Hall–Kier alpha value is -0.770. The van der Waals surface area contributed by atoms with E-state index in [-0.39, 0.29) is 36.2 Å². The van der Waals surface area contributed by atoms with E-state index in [1.807, 2.05) is 24.3 Å². The highest BCUT2D eigenvalue weighted by molar-refractivity contribution is 6.30. The van der Waals surface area contributed by atoms with Crippen LogP contribution in [0.5, 0.6) is 0 Å². The summed E-state index contributed by atoms with van der Waals surface area (Å²) >= 11 is 6.07. The average molecular weight is 345 g/mol. The van der Waals surface area contributed by atoms with E-state index < -0.39 is 0 Å². The molecule has 1 fully saturated rings. The van der Waals surface area contributed by atoms with Crippen LogP contribution in [0.4, 0.5) is 0 Å². The molecule has 2 rings (SSSR count). The lowest BCUT2D eigenvalue weighted by Crippen LogP contribution is -2.50. The van der Waals surface area contributed by atoms with Gasteiger partial charge in [0.2, 0.25) is 5.91 Å². The molecule has 124 valence electrons. The highest BCUT2D eigenvalue weighted by atomic mass is 35.5. The summed E-state index contributed by atoms with van der Waals surface area (Å²) in [4.78, 5) is 12.7. The Morgan fingerprint density at radius 1 is 1.41 bits per heavy atom. The van der Waals surface area contributed by atoms with E-state index in [4.69, 9.17) is 11.6 Å². The summed E-state index contributed by atoms with van der Waals surface area (Å²) in [6, 6.07) is 7.90. The molecule has 5 heteroatoms. The molecule has 3 atom stereocenters. The predicted molar refractivity (Wildman–Crippen MR) is 94.9 cm³/mol. The third-order valence-electron chi connectivity index (χ3n) is 4.27. The van der Waals surface area contributed by atoms with E-state index >= 15 is 0 Å². The summed E-state index contributed by atoms with van der Waals surface area (Å²) in [5.74, 6) is 0.673. The van der Waals surface area contributed by atoms with Gasteiger partial charge in [0, 0.05) is 11.1 Å². The third kappa shape index (κ3) is 4.87. The van der Waals surface area contributed by atoms with Crippen LogP contribution in [-0.4, -0.2) is 25.0 Å². The van der Waals surface area contributed by atoms with Crippen molar-refractivity contribution in [3.63, 3.8) is 0 Å². The number of piperidine rings is 1. The van der Waals surface area contributed by atoms with Gasteiger partial charge in [-0.2, -0.15) is 0 Å². The van der Waals surface area contributed by atoms with Gasteiger partial charge in [-0.3, -0.25) is 4.79 Å². The largest absolute Gasteiger partial charge is 0.352 e. The van der Waals surface area contributed by atoms with Crippen LogP contribution in [0.15, 0.2) is 24.3 Å². The molecule has 1 aliphatic rings. The minimum Gasteiger partial charge on any atom is -0.352 e. The lowest BCUT2D eigenvalue weighted by molar-refractivity contribution is -0.124. The Morgan fingerprint density at radius 3 is 2.73 bits per heavy atom. The van der Waals surface area contributed by atoms with Gasteiger partial charge in [0.25, 0.3) is 0 Å². The number of hydrogen-bond acceptors (Lipinski definition) is 2. The standard InChI is InChI=1S/C17H25ClN2O.ClH/c1-11(2)16(13-5-4-6-14(18)9-13)17(21)20-15-7-8-19-10-12(15)3;/h4-6,9,11-12,15-16,19H,7-8,10H2,1-3H3,(H,20,21);1H. The molecule has 0 aliphatic carbocycles. The fourth-order valence-electron chi connectivity index (χ4n) is 3.04. The second-order valence-corrected chi connectivity index (χ2v) is 6.80. The number of rotatable bonds is 4. The van der Waals surface area contributed by atoms with Crippen molar-refractivity contribution in [2.45, 2.75) is 39.2 Å². The molecule has 3 unspecified atom stereocenters. The molecule has 1 heterocycles. The molecule has 1 amide bonds. The van der Waals surface area contributed by atoms with Gasteiger partial charge in [0.1, 0.15) is 0 Å². The molecule has 1 aromatic carbocycles. The first kappa shape index (κ1) is 19.3. The molecular formula is C17H26Cl2N2O. The molecule has 1 aromatic rings. The van der Waals surface area contributed by atoms with Gasteiger partial charge in [-0.1, -0.05) is 44.5 Å². The molecule has 3 nitrogen and oxygen atoms in total. The van der Waals surface area contributed by atoms with Crippen LogP contribution >= 0.6 is 24.0 Å². The van der Waals surface area contributed by atoms with Crippen molar-refractivity contribution >= 4 is 29.9 Å². The van der Waals surface area contributed by atoms with E-state index in [0.29, 0.717) is 10.9 Å². The predicted octanol–water partition coefficient (Wildman–Crippen LogP) is 3.62. The average Bonchev–Trinajstić information content (AvgIpc) is 2.41. The van der Waals surface area contributed by atoms with Gasteiger partial charge in [-0.05, 0) is 49.0 Å². The Labute approximate surface area is 144 Å². The van der Waals surface area contributed by atoms with E-state index in [2.05, 4.69) is 31.4 Å². The molecule has 1 aliphatic heterocycles. The highest BCUT2D eigenvalue weighted by Gasteiger charge is 2.29. The Bertz CT molecular complexity index is 493. The van der Waals surface area contributed by atoms with Gasteiger partial charge >= 0.3 is 0 Å². The van der Waals surface area contributed by atoms with Crippen LogP contribution in [0.1, 0.15) is 38.7 Å². The monoisotopic (exact) mass is 344 g/mol. The number of benzene rings is 1. The zero-order valence-corrected chi connectivity index (χ0v) is 15.0. The Balaban J connectivity index is 0.00000242. The van der Waals surface area contributed by atoms with Gasteiger partial charge in [0.15, 0.2) is 0 Å². The molecule has 2 N–H and O–H groups in total. The van der Waals surface area contributed by atoms with E-state index in [1.54, 1.807) is 0 Å². The van der Waals surface area contributed by atoms with Crippen molar-refractivity contribution in [3.8, 4) is 0 Å². The van der Waals surface area contributed by atoms with Gasteiger partial charge < -0.3 is 10.6 Å². The lowest BCUT2D eigenvalue weighted by atomic mass is 9.86. The molecule has 22 heavy (non-hydrogen) atoms. The summed E-state index contributed by atoms with van der Waals surface area (Å²) in [5.41, 5.74) is 0.997. The van der Waals surface area contributed by atoms with Crippen molar-refractivity contribution in [1.29, 1.82) is 0 Å². The molecular weight excluding hydrogens is 319 g/mol. The van der Waals surface area contributed by atoms with Gasteiger partial charge in [-0.25, -0.2) is 0 Å². The number of nitrogens with one attached hydrogen (secondary N) is 2. The summed E-state index contributed by atoms with van der Waals surface area (Å²) in [6.07, 6.45) is 0.993. The first-order chi connectivity index (χ1) is 9.99. The highest BCUT2D eigenvalue weighted by Crippen LogP contribution is 2.27. The normalized spacial score (nSPS) is 22.8. The minimum atomic E-state index is -0.147. The maximum atomic E-state index is 12.7. The Kier molecular flexibility index (Phi) is 7.67. The van der Waals surface area contributed by atoms with Gasteiger partial charge in [-0.15, -0.1) is 12.4 Å². The van der Waals surface area contributed by atoms with E-state index in [1.165, 1.54) is 0 Å². The number of carbonyl (C=O) groups is 1. The molecule has 0 radical (unpaired) electrons. The second-order valence-electron chi connectivity index (χ2n) is 6.36. The third-order valence-corrected chi connectivity index (χ3v) is 4.50. The van der Waals surface area contributed by atoms with Crippen LogP contribution in [0.3, 0.4) is 0 Å². The number of halogens is 2. The number of carbonyl (C=O) groups excluding carboxylic acids is 1. The first-order valence-electron chi connectivity index (χ1n) is 7.75. The quantitative estimate of drug-likeness (QED) is 0.875. The van der Waals surface area contributed by atoms with Crippen LogP contribution in [0, 0.1) is 11.8 Å². The molecule has 0 saturated carbocycles. The summed E-state index contributed by atoms with van der Waals surface area (Å²) in [6.45, 7) is 8.28. The van der Waals surface area contributed by atoms with Crippen molar-refractivity contribution in [2.75, 3.05) is 13.1 Å². The van der Waals surface area contributed by atoms with Crippen LogP contribution in [0.2, 0.25) is 5.02 Å². The van der Waals surface area contributed by atoms with Crippen LogP contribution in [-0.2, 0) is 4.79 Å². The lowest BCUT2D eigenvalue weighted by Gasteiger charge is -2.32. The van der Waals surface area contributed by atoms with Crippen molar-refractivity contribution in [3.05, 3.63) is 34.9 Å². The minimum absolute atomic E-state index is 0. The summed E-state index contributed by atoms with van der Waals surface area (Å²) < 4.78 is 0. The summed E-state index contributed by atoms with van der Waals surface area (Å²) in [7, 11) is 0. The molecule has 0 aromatic heterocycles. The maximum Gasteiger partial charge on any atom is 0.228 e. The zero-order valence-electron chi connectivity index (χ0n) is 13.4. The van der Waals surface area contributed by atoms with Crippen molar-refractivity contribution < 1.29 is 4.79 Å². The first-order valence-corrected chi connectivity index (χ1v) is 8.13. The fourth-order valence-corrected chi connectivity index (χ4v) is 3.24. The number of hydrogen-bond donors (Lipinski definition) is 2. The smallest absolute Gasteiger partial charge is 0.228 e. The van der Waals surface area contributed by atoms with E-state index in [9.17, 15) is 4.79 Å². The number of amides is 1. The van der Waals surface area contributed by atoms with E-state index in [0.717, 1.165) is 25.1 Å². The Morgan fingerprint density at radius 2 is 2.14 bits per heavy atom. The maximum absolute atomic E-state index is 12.7. The summed E-state index contributed by atoms with van der Waals surface area (Å²) in [5, 5.41) is 7.29. The SMILES string of the molecule is CC(C)C(C(=O)NC1CCNCC1C)c1cccc(Cl)c1.Cl. The fraction of sp³-hybridized carbons (Fsp3) is 0.588. The zero-order chi connectivity index (χ0) is 15.4. The second kappa shape index (κ2) is 8.76. The van der Waals surface area contributed by atoms with Crippen molar-refractivity contribution in [1.82, 2.24) is 10.6 Å². The molecule has 0 spiro atoms. The van der Waals surface area contributed by atoms with Crippen molar-refractivity contribution in [2.24, 2.45) is 11.8 Å².